The lowest BCUT2D eigenvalue weighted by Gasteiger charge is -2.31. The van der Waals surface area contributed by atoms with E-state index in [9.17, 15) is 18.5 Å². The third kappa shape index (κ3) is 4.97. The Labute approximate surface area is 173 Å². The Hall–Kier alpha value is -1.95. The van der Waals surface area contributed by atoms with Crippen LogP contribution >= 0.6 is 0 Å². The van der Waals surface area contributed by atoms with E-state index in [1.807, 2.05) is 6.07 Å². The Balaban J connectivity index is 1.51. The van der Waals surface area contributed by atoms with Crippen LogP contribution in [-0.4, -0.2) is 62.3 Å². The molecule has 0 bridgehead atoms. The molecule has 0 spiro atoms. The van der Waals surface area contributed by atoms with Crippen molar-refractivity contribution in [2.24, 2.45) is 11.8 Å². The van der Waals surface area contributed by atoms with Crippen LogP contribution in [0.25, 0.3) is 0 Å². The van der Waals surface area contributed by atoms with E-state index >= 15 is 0 Å². The number of hydrogen-bond donors (Lipinski definition) is 1. The van der Waals surface area contributed by atoms with Crippen molar-refractivity contribution in [3.63, 3.8) is 0 Å². The van der Waals surface area contributed by atoms with Gasteiger partial charge in [-0.25, -0.2) is 8.42 Å². The number of carbonyl (C=O) groups is 1. The lowest BCUT2D eigenvalue weighted by atomic mass is 9.97. The Bertz CT molecular complexity index is 870. The monoisotopic (exact) mass is 418 g/mol. The minimum Gasteiger partial charge on any atom is -0.356 e. The first-order chi connectivity index (χ1) is 13.8. The third-order valence-electron chi connectivity index (χ3n) is 6.06. The van der Waals surface area contributed by atoms with Gasteiger partial charge in [-0.15, -0.1) is 0 Å². The summed E-state index contributed by atoms with van der Waals surface area (Å²) in [4.78, 5) is 15.0. The second-order valence-corrected chi connectivity index (χ2v) is 10.2. The molecule has 0 aromatic heterocycles. The molecule has 158 valence electrons. The van der Waals surface area contributed by atoms with E-state index in [0.717, 1.165) is 19.5 Å². The highest BCUT2D eigenvalue weighted by Gasteiger charge is 2.33. The minimum absolute atomic E-state index is 0.0301. The molecule has 8 heteroatoms. The van der Waals surface area contributed by atoms with Crippen LogP contribution in [0.4, 0.5) is 0 Å². The second-order valence-electron chi connectivity index (χ2n) is 8.27. The maximum Gasteiger partial charge on any atom is 0.244 e. The first kappa shape index (κ1) is 21.8. The average Bonchev–Trinajstić information content (AvgIpc) is 3.21. The lowest BCUT2D eigenvalue weighted by Crippen LogP contribution is -2.44. The number of nitrogens with zero attached hydrogens (tertiary/aromatic N) is 3. The summed E-state index contributed by atoms with van der Waals surface area (Å²) in [6.45, 7) is 7.77. The van der Waals surface area contributed by atoms with Crippen molar-refractivity contribution in [2.75, 3.05) is 32.7 Å². The molecule has 2 fully saturated rings. The van der Waals surface area contributed by atoms with Crippen molar-refractivity contribution >= 4 is 15.9 Å². The predicted molar refractivity (Wildman–Crippen MR) is 110 cm³/mol. The van der Waals surface area contributed by atoms with E-state index < -0.39 is 10.0 Å². The van der Waals surface area contributed by atoms with Gasteiger partial charge in [-0.1, -0.05) is 12.1 Å². The maximum absolute atomic E-state index is 12.9. The van der Waals surface area contributed by atoms with Gasteiger partial charge in [0.1, 0.15) is 6.07 Å². The molecule has 0 radical (unpaired) electrons. The summed E-state index contributed by atoms with van der Waals surface area (Å²) in [6, 6.07) is 8.73. The van der Waals surface area contributed by atoms with E-state index in [0.29, 0.717) is 44.4 Å². The first-order valence-electron chi connectivity index (χ1n) is 10.3. The molecule has 1 unspecified atom stereocenters. The largest absolute Gasteiger partial charge is 0.356 e. The van der Waals surface area contributed by atoms with Crippen LogP contribution in [0.15, 0.2) is 29.2 Å². The van der Waals surface area contributed by atoms with Gasteiger partial charge in [0, 0.05) is 38.1 Å². The Morgan fingerprint density at radius 3 is 2.52 bits per heavy atom. The third-order valence-corrected chi connectivity index (χ3v) is 8.02. The fourth-order valence-electron chi connectivity index (χ4n) is 4.17. The normalized spacial score (nSPS) is 21.9. The maximum atomic E-state index is 12.9. The summed E-state index contributed by atoms with van der Waals surface area (Å²) in [5, 5.41) is 12.3. The van der Waals surface area contributed by atoms with Gasteiger partial charge < -0.3 is 10.2 Å². The summed E-state index contributed by atoms with van der Waals surface area (Å²) in [5.74, 6) is 0.363. The molecule has 0 saturated carbocycles. The van der Waals surface area contributed by atoms with Crippen molar-refractivity contribution in [3.05, 3.63) is 29.8 Å². The molecule has 1 N–H and O–H groups in total. The number of likely N-dealkylation sites (tertiary alicyclic amines) is 1. The highest BCUT2D eigenvalue weighted by atomic mass is 32.2. The van der Waals surface area contributed by atoms with Gasteiger partial charge in [0.15, 0.2) is 0 Å². The van der Waals surface area contributed by atoms with Crippen molar-refractivity contribution < 1.29 is 13.2 Å². The van der Waals surface area contributed by atoms with Crippen LogP contribution in [0, 0.1) is 23.2 Å². The summed E-state index contributed by atoms with van der Waals surface area (Å²) < 4.78 is 27.2. The summed E-state index contributed by atoms with van der Waals surface area (Å²) in [7, 11) is -3.72. The molecule has 1 aromatic rings. The van der Waals surface area contributed by atoms with Crippen LogP contribution < -0.4 is 5.32 Å². The number of nitriles is 1. The zero-order valence-corrected chi connectivity index (χ0v) is 18.0. The second kappa shape index (κ2) is 9.24. The van der Waals surface area contributed by atoms with Gasteiger partial charge in [-0.05, 0) is 57.7 Å². The standard InChI is InChI=1S/C21H30N4O3S/c1-16(2)24-10-7-17(15-24)14-23-21(26)18-8-11-25(12-9-18)29(27,28)20-6-4-3-5-19(20)13-22/h3-6,16-18H,7-12,14-15H2,1-2H3,(H,23,26). The van der Waals surface area contributed by atoms with Crippen molar-refractivity contribution in [1.82, 2.24) is 14.5 Å². The Morgan fingerprint density at radius 2 is 1.90 bits per heavy atom. The smallest absolute Gasteiger partial charge is 0.244 e. The Morgan fingerprint density at radius 1 is 1.21 bits per heavy atom. The number of carbonyl (C=O) groups excluding carboxylic acids is 1. The van der Waals surface area contributed by atoms with Gasteiger partial charge >= 0.3 is 0 Å². The highest BCUT2D eigenvalue weighted by molar-refractivity contribution is 7.89. The number of rotatable bonds is 6. The van der Waals surface area contributed by atoms with E-state index in [4.69, 9.17) is 0 Å². The van der Waals surface area contributed by atoms with Crippen LogP contribution in [0.5, 0.6) is 0 Å². The molecule has 2 saturated heterocycles. The quantitative estimate of drug-likeness (QED) is 0.760. The van der Waals surface area contributed by atoms with Gasteiger partial charge in [0.25, 0.3) is 0 Å². The molecular weight excluding hydrogens is 388 g/mol. The van der Waals surface area contributed by atoms with Gasteiger partial charge in [0.05, 0.1) is 10.5 Å². The van der Waals surface area contributed by atoms with Crippen molar-refractivity contribution in [2.45, 2.75) is 44.0 Å². The number of benzene rings is 1. The SMILES string of the molecule is CC(C)N1CCC(CNC(=O)C2CCN(S(=O)(=O)c3ccccc3C#N)CC2)C1. The molecule has 29 heavy (non-hydrogen) atoms. The van der Waals surface area contributed by atoms with E-state index in [1.165, 1.54) is 16.4 Å². The zero-order valence-electron chi connectivity index (χ0n) is 17.2. The van der Waals surface area contributed by atoms with E-state index in [-0.39, 0.29) is 22.3 Å². The average molecular weight is 419 g/mol. The molecule has 2 aliphatic rings. The summed E-state index contributed by atoms with van der Waals surface area (Å²) in [6.07, 6.45) is 2.11. The topological polar surface area (TPSA) is 93.5 Å². The molecule has 1 amide bonds. The molecule has 1 atom stereocenters. The molecular formula is C21H30N4O3S. The molecule has 0 aliphatic carbocycles. The van der Waals surface area contributed by atoms with Gasteiger partial charge in [-0.3, -0.25) is 4.79 Å². The highest BCUT2D eigenvalue weighted by Crippen LogP contribution is 2.26. The van der Waals surface area contributed by atoms with E-state index in [1.54, 1.807) is 12.1 Å². The number of piperidine rings is 1. The molecule has 7 nitrogen and oxygen atoms in total. The fourth-order valence-corrected chi connectivity index (χ4v) is 5.78. The van der Waals surface area contributed by atoms with Gasteiger partial charge in [0.2, 0.25) is 15.9 Å². The Kier molecular flexibility index (Phi) is 6.93. The molecule has 2 aliphatic heterocycles. The van der Waals surface area contributed by atoms with Crippen LogP contribution in [-0.2, 0) is 14.8 Å². The molecule has 3 rings (SSSR count). The summed E-state index contributed by atoms with van der Waals surface area (Å²) in [5.41, 5.74) is 0.152. The molecule has 2 heterocycles. The predicted octanol–water partition coefficient (Wildman–Crippen LogP) is 1.81. The number of nitrogens with one attached hydrogen (secondary N) is 1. The number of amides is 1. The van der Waals surface area contributed by atoms with E-state index in [2.05, 4.69) is 24.1 Å². The van der Waals surface area contributed by atoms with Crippen LogP contribution in [0.2, 0.25) is 0 Å². The van der Waals surface area contributed by atoms with Crippen LogP contribution in [0.3, 0.4) is 0 Å². The molecule has 1 aromatic carbocycles. The summed E-state index contributed by atoms with van der Waals surface area (Å²) >= 11 is 0. The van der Waals surface area contributed by atoms with Gasteiger partial charge in [-0.2, -0.15) is 9.57 Å². The lowest BCUT2D eigenvalue weighted by molar-refractivity contribution is -0.126. The number of sulfonamides is 1. The fraction of sp³-hybridized carbons (Fsp3) is 0.619. The zero-order chi connectivity index (χ0) is 21.0. The van der Waals surface area contributed by atoms with Crippen LogP contribution in [0.1, 0.15) is 38.7 Å². The minimum atomic E-state index is -3.72. The van der Waals surface area contributed by atoms with Crippen molar-refractivity contribution in [1.29, 1.82) is 5.26 Å². The first-order valence-corrected chi connectivity index (χ1v) is 11.8. The number of hydrogen-bond acceptors (Lipinski definition) is 5. The van der Waals surface area contributed by atoms with Crippen molar-refractivity contribution in [3.8, 4) is 6.07 Å².